The third-order valence-electron chi connectivity index (χ3n) is 4.59. The summed E-state index contributed by atoms with van der Waals surface area (Å²) in [6.07, 6.45) is 4.64. The maximum atomic E-state index is 10.7. The molecular formula is C18H24N6O2S. The van der Waals surface area contributed by atoms with Gasteiger partial charge in [-0.1, -0.05) is 12.1 Å². The van der Waals surface area contributed by atoms with Crippen molar-refractivity contribution in [2.45, 2.75) is 19.3 Å². The molecule has 0 radical (unpaired) electrons. The van der Waals surface area contributed by atoms with Gasteiger partial charge in [-0.2, -0.15) is 0 Å². The molecule has 1 saturated heterocycles. The first-order valence-corrected chi connectivity index (χ1v) is 9.94. The lowest BCUT2D eigenvalue weighted by Crippen LogP contribution is -2.51. The van der Waals surface area contributed by atoms with Gasteiger partial charge in [0.05, 0.1) is 4.92 Å². The fraction of sp³-hybridized carbons (Fsp3) is 0.444. The number of guanidine groups is 1. The van der Waals surface area contributed by atoms with Gasteiger partial charge in [-0.25, -0.2) is 4.98 Å². The van der Waals surface area contributed by atoms with Crippen molar-refractivity contribution in [2.75, 3.05) is 37.6 Å². The number of thiazole rings is 1. The third kappa shape index (κ3) is 5.40. The molecule has 1 aromatic heterocycles. The number of anilines is 1. The second kappa shape index (κ2) is 9.31. The lowest BCUT2D eigenvalue weighted by atomic mass is 10.1. The molecule has 1 aliphatic rings. The van der Waals surface area contributed by atoms with E-state index >= 15 is 0 Å². The molecule has 2 aromatic rings. The molecule has 0 atom stereocenters. The number of nitro groups is 1. The minimum Gasteiger partial charge on any atom is -0.370 e. The molecule has 2 N–H and O–H groups in total. The molecule has 1 fully saturated rings. The van der Waals surface area contributed by atoms with Gasteiger partial charge in [0.2, 0.25) is 0 Å². The van der Waals surface area contributed by atoms with Crippen molar-refractivity contribution >= 4 is 28.1 Å². The first kappa shape index (κ1) is 19.1. The second-order valence-electron chi connectivity index (χ2n) is 6.41. The van der Waals surface area contributed by atoms with Crippen molar-refractivity contribution in [3.05, 3.63) is 51.5 Å². The van der Waals surface area contributed by atoms with Gasteiger partial charge in [-0.15, -0.1) is 11.3 Å². The molecule has 0 saturated carbocycles. The van der Waals surface area contributed by atoms with Crippen molar-refractivity contribution in [3.8, 4) is 0 Å². The number of non-ortho nitro benzene ring substituents is 1. The summed E-state index contributed by atoms with van der Waals surface area (Å²) in [6, 6.07) is 6.74. The van der Waals surface area contributed by atoms with E-state index < -0.39 is 0 Å². The summed E-state index contributed by atoms with van der Waals surface area (Å²) >= 11 is 1.66. The number of nitro benzene ring substituents is 1. The normalized spacial score (nSPS) is 15.2. The minimum atomic E-state index is -0.377. The molecule has 0 spiro atoms. The molecule has 2 heterocycles. The molecule has 0 aliphatic carbocycles. The van der Waals surface area contributed by atoms with Gasteiger partial charge in [0.25, 0.3) is 5.69 Å². The number of piperazine rings is 1. The van der Waals surface area contributed by atoms with Gasteiger partial charge in [0.15, 0.2) is 11.1 Å². The van der Waals surface area contributed by atoms with E-state index in [1.807, 2.05) is 23.7 Å². The lowest BCUT2D eigenvalue weighted by molar-refractivity contribution is -0.384. The number of nitrogens with two attached hydrogens (primary N) is 1. The summed E-state index contributed by atoms with van der Waals surface area (Å²) in [4.78, 5) is 23.5. The number of rotatable bonds is 7. The van der Waals surface area contributed by atoms with Crippen molar-refractivity contribution in [1.29, 1.82) is 0 Å². The smallest absolute Gasteiger partial charge is 0.269 e. The summed E-state index contributed by atoms with van der Waals surface area (Å²) in [5.74, 6) is 0.615. The van der Waals surface area contributed by atoms with E-state index in [2.05, 4.69) is 19.8 Å². The Balaban J connectivity index is 1.35. The number of nitrogens with zero attached hydrogens (tertiary/aromatic N) is 5. The van der Waals surface area contributed by atoms with Crippen molar-refractivity contribution < 1.29 is 4.92 Å². The van der Waals surface area contributed by atoms with Gasteiger partial charge >= 0.3 is 0 Å². The van der Waals surface area contributed by atoms with Crippen LogP contribution in [0.2, 0.25) is 0 Å². The Morgan fingerprint density at radius 2 is 1.96 bits per heavy atom. The van der Waals surface area contributed by atoms with Crippen LogP contribution in [0, 0.1) is 10.1 Å². The number of unbranched alkanes of at least 4 members (excludes halogenated alkanes) is 1. The number of benzene rings is 1. The zero-order valence-electron chi connectivity index (χ0n) is 15.2. The van der Waals surface area contributed by atoms with Gasteiger partial charge in [0.1, 0.15) is 0 Å². The molecule has 1 aliphatic heterocycles. The summed E-state index contributed by atoms with van der Waals surface area (Å²) in [7, 11) is 0. The van der Waals surface area contributed by atoms with Gasteiger partial charge < -0.3 is 15.5 Å². The summed E-state index contributed by atoms with van der Waals surface area (Å²) in [6.45, 7) is 4.23. The highest BCUT2D eigenvalue weighted by Gasteiger charge is 2.19. The van der Waals surface area contributed by atoms with Crippen LogP contribution in [0.25, 0.3) is 0 Å². The van der Waals surface area contributed by atoms with E-state index in [9.17, 15) is 10.1 Å². The van der Waals surface area contributed by atoms with E-state index in [0.717, 1.165) is 56.1 Å². The van der Waals surface area contributed by atoms with Crippen LogP contribution < -0.4 is 10.6 Å². The largest absolute Gasteiger partial charge is 0.370 e. The highest BCUT2D eigenvalue weighted by Crippen LogP contribution is 2.18. The van der Waals surface area contributed by atoms with E-state index in [0.29, 0.717) is 12.5 Å². The third-order valence-corrected chi connectivity index (χ3v) is 5.42. The predicted molar refractivity (Wildman–Crippen MR) is 108 cm³/mol. The molecular weight excluding hydrogens is 364 g/mol. The Hall–Kier alpha value is -2.68. The Labute approximate surface area is 162 Å². The quantitative estimate of drug-likeness (QED) is 0.257. The maximum absolute atomic E-state index is 10.7. The maximum Gasteiger partial charge on any atom is 0.269 e. The van der Waals surface area contributed by atoms with E-state index in [4.69, 9.17) is 5.73 Å². The topological polar surface area (TPSA) is 101 Å². The number of aryl methyl sites for hydroxylation is 1. The highest BCUT2D eigenvalue weighted by molar-refractivity contribution is 7.13. The standard InChI is InChI=1S/C18H24N6O2S/c19-17(22-10-12-23(13-11-22)18-21-9-14-27-18)20-8-2-1-3-15-4-6-16(7-5-15)24(25)26/h4-7,9,14H,1-3,8,10-13H2,(H2,19,20). The average molecular weight is 388 g/mol. The molecule has 144 valence electrons. The highest BCUT2D eigenvalue weighted by atomic mass is 32.1. The van der Waals surface area contributed by atoms with Crippen LogP contribution in [-0.4, -0.2) is 53.5 Å². The summed E-state index contributed by atoms with van der Waals surface area (Å²) < 4.78 is 0. The number of aromatic nitrogens is 1. The molecule has 1 aromatic carbocycles. The van der Waals surface area contributed by atoms with Crippen LogP contribution in [0.1, 0.15) is 18.4 Å². The van der Waals surface area contributed by atoms with Crippen LogP contribution >= 0.6 is 11.3 Å². The van der Waals surface area contributed by atoms with Gasteiger partial charge in [-0.3, -0.25) is 15.1 Å². The molecule has 8 nitrogen and oxygen atoms in total. The van der Waals surface area contributed by atoms with Crippen molar-refractivity contribution in [2.24, 2.45) is 10.7 Å². The number of hydrogen-bond donors (Lipinski definition) is 1. The molecule has 9 heteroatoms. The zero-order chi connectivity index (χ0) is 19.1. The molecule has 0 amide bonds. The van der Waals surface area contributed by atoms with E-state index in [-0.39, 0.29) is 10.6 Å². The molecule has 3 rings (SSSR count). The van der Waals surface area contributed by atoms with E-state index in [1.54, 1.807) is 23.5 Å². The SMILES string of the molecule is NC(=NCCCCc1ccc([N+](=O)[O-])cc1)N1CCN(c2nccs2)CC1. The van der Waals surface area contributed by atoms with Crippen LogP contribution in [0.15, 0.2) is 40.8 Å². The number of aliphatic imine (C=N–C) groups is 1. The summed E-state index contributed by atoms with van der Waals surface area (Å²) in [5.41, 5.74) is 7.37. The molecule has 27 heavy (non-hydrogen) atoms. The average Bonchev–Trinajstić information content (AvgIpc) is 3.23. The zero-order valence-corrected chi connectivity index (χ0v) is 16.0. The van der Waals surface area contributed by atoms with Gasteiger partial charge in [0, 0.05) is 56.4 Å². The molecule has 0 unspecified atom stereocenters. The Morgan fingerprint density at radius 3 is 2.59 bits per heavy atom. The minimum absolute atomic E-state index is 0.131. The first-order chi connectivity index (χ1) is 13.1. The Morgan fingerprint density at radius 1 is 1.22 bits per heavy atom. The Bertz CT molecular complexity index is 755. The lowest BCUT2D eigenvalue weighted by Gasteiger charge is -2.35. The van der Waals surface area contributed by atoms with Crippen LogP contribution in [-0.2, 0) is 6.42 Å². The Kier molecular flexibility index (Phi) is 6.59. The van der Waals surface area contributed by atoms with Gasteiger partial charge in [-0.05, 0) is 24.8 Å². The number of hydrogen-bond acceptors (Lipinski definition) is 6. The second-order valence-corrected chi connectivity index (χ2v) is 7.28. The summed E-state index contributed by atoms with van der Waals surface area (Å²) in [5, 5.41) is 13.7. The predicted octanol–water partition coefficient (Wildman–Crippen LogP) is 2.51. The molecule has 0 bridgehead atoms. The van der Waals surface area contributed by atoms with Crippen molar-refractivity contribution in [1.82, 2.24) is 9.88 Å². The fourth-order valence-electron chi connectivity index (χ4n) is 3.02. The van der Waals surface area contributed by atoms with Crippen molar-refractivity contribution in [3.63, 3.8) is 0 Å². The van der Waals surface area contributed by atoms with E-state index in [1.165, 1.54) is 0 Å². The first-order valence-electron chi connectivity index (χ1n) is 9.06. The van der Waals surface area contributed by atoms with Crippen LogP contribution in [0.3, 0.4) is 0 Å². The van der Waals surface area contributed by atoms with Crippen LogP contribution in [0.5, 0.6) is 0 Å². The fourth-order valence-corrected chi connectivity index (χ4v) is 3.71. The van der Waals surface area contributed by atoms with Crippen LogP contribution in [0.4, 0.5) is 10.8 Å². The monoisotopic (exact) mass is 388 g/mol.